The highest BCUT2D eigenvalue weighted by atomic mass is 79.9. The molecule has 2 aromatic rings. The molecule has 0 saturated heterocycles. The van der Waals surface area contributed by atoms with Crippen molar-refractivity contribution in [2.24, 2.45) is 0 Å². The van der Waals surface area contributed by atoms with Crippen LogP contribution >= 0.6 is 15.9 Å². The molecule has 2 atom stereocenters. The molecule has 3 N–H and O–H groups in total. The lowest BCUT2D eigenvalue weighted by molar-refractivity contribution is -0.143. The Labute approximate surface area is 218 Å². The lowest BCUT2D eigenvalue weighted by atomic mass is 9.73. The van der Waals surface area contributed by atoms with Crippen molar-refractivity contribution in [1.29, 1.82) is 0 Å². The molecule has 2 aliphatic rings. The fraction of sp³-hybridized carbons (Fsp3) is 0.464. The van der Waals surface area contributed by atoms with Gasteiger partial charge in [0.15, 0.2) is 17.3 Å². The Morgan fingerprint density at radius 2 is 1.58 bits per heavy atom. The molecule has 36 heavy (non-hydrogen) atoms. The molecule has 0 heterocycles. The molecule has 4 rings (SSSR count). The molecule has 0 amide bonds. The summed E-state index contributed by atoms with van der Waals surface area (Å²) < 4.78 is 5.52. The van der Waals surface area contributed by atoms with Crippen LogP contribution in [0.2, 0.25) is 0 Å². The number of fused-ring (bicyclic) bond motifs is 3. The van der Waals surface area contributed by atoms with Crippen LogP contribution in [0.3, 0.4) is 0 Å². The van der Waals surface area contributed by atoms with Gasteiger partial charge in [-0.15, -0.1) is 0 Å². The molecule has 2 aliphatic carbocycles. The third-order valence-corrected chi connectivity index (χ3v) is 7.94. The van der Waals surface area contributed by atoms with E-state index in [2.05, 4.69) is 22.9 Å². The number of benzene rings is 2. The summed E-state index contributed by atoms with van der Waals surface area (Å²) in [5.41, 5.74) is -1.85. The van der Waals surface area contributed by atoms with Crippen LogP contribution in [0.5, 0.6) is 11.5 Å². The smallest absolute Gasteiger partial charge is 0.198 e. The maximum Gasteiger partial charge on any atom is 0.198 e. The van der Waals surface area contributed by atoms with Crippen molar-refractivity contribution in [3.05, 3.63) is 57.6 Å². The predicted molar refractivity (Wildman–Crippen MR) is 137 cm³/mol. The molecular formula is C28H31BrO7. The molecule has 0 bridgehead atoms. The zero-order chi connectivity index (χ0) is 26.0. The van der Waals surface area contributed by atoms with E-state index in [9.17, 15) is 29.7 Å². The van der Waals surface area contributed by atoms with Crippen LogP contribution in [0, 0.1) is 0 Å². The summed E-state index contributed by atoms with van der Waals surface area (Å²) in [6.07, 6.45) is 6.15. The van der Waals surface area contributed by atoms with E-state index < -0.39 is 39.3 Å². The van der Waals surface area contributed by atoms with Gasteiger partial charge >= 0.3 is 0 Å². The van der Waals surface area contributed by atoms with Gasteiger partial charge in [0.2, 0.25) is 0 Å². The summed E-state index contributed by atoms with van der Waals surface area (Å²) in [6.45, 7) is 2.30. The molecule has 0 aromatic heterocycles. The SMILES string of the molecule is CCCCCCCCOCC(=O)C1(O)Cc2c(O)c3c(c(O)c2C(Br)C1)C(=O)c1ccccc1C3=O. The number of alkyl halides is 1. The average molecular weight is 559 g/mol. The topological polar surface area (TPSA) is 121 Å². The maximum atomic E-state index is 13.2. The fourth-order valence-corrected chi connectivity index (χ4v) is 6.19. The van der Waals surface area contributed by atoms with Gasteiger partial charge in [0.1, 0.15) is 23.7 Å². The zero-order valence-corrected chi connectivity index (χ0v) is 21.9. The van der Waals surface area contributed by atoms with Crippen molar-refractivity contribution in [2.45, 2.75) is 68.7 Å². The molecule has 0 radical (unpaired) electrons. The van der Waals surface area contributed by atoms with Gasteiger partial charge < -0.3 is 20.1 Å². The third kappa shape index (κ3) is 4.74. The number of ketones is 3. The van der Waals surface area contributed by atoms with Crippen LogP contribution in [-0.2, 0) is 16.0 Å². The number of aliphatic hydroxyl groups is 1. The minimum Gasteiger partial charge on any atom is -0.507 e. The first-order valence-electron chi connectivity index (χ1n) is 12.5. The van der Waals surface area contributed by atoms with Crippen molar-refractivity contribution in [3.8, 4) is 11.5 Å². The van der Waals surface area contributed by atoms with Gasteiger partial charge in [-0.25, -0.2) is 0 Å². The van der Waals surface area contributed by atoms with E-state index in [1.165, 1.54) is 31.4 Å². The van der Waals surface area contributed by atoms with Crippen molar-refractivity contribution >= 4 is 33.3 Å². The van der Waals surface area contributed by atoms with E-state index >= 15 is 0 Å². The average Bonchev–Trinajstić information content (AvgIpc) is 2.85. The number of phenols is 2. The number of rotatable bonds is 10. The first kappa shape index (κ1) is 26.5. The Morgan fingerprint density at radius 3 is 2.22 bits per heavy atom. The third-order valence-electron chi connectivity index (χ3n) is 7.15. The number of Topliss-reactive ketones (excluding diaryl/α,β-unsaturated/α-hetero) is 1. The summed E-state index contributed by atoms with van der Waals surface area (Å²) in [4.78, 5) is 38.6. The van der Waals surface area contributed by atoms with E-state index in [-0.39, 0.29) is 52.8 Å². The second-order valence-corrected chi connectivity index (χ2v) is 10.8. The number of aromatic hydroxyl groups is 2. The Morgan fingerprint density at radius 1 is 1.00 bits per heavy atom. The summed E-state index contributed by atoms with van der Waals surface area (Å²) in [6, 6.07) is 6.23. The van der Waals surface area contributed by atoms with E-state index in [1.54, 1.807) is 12.1 Å². The van der Waals surface area contributed by atoms with Crippen molar-refractivity contribution in [2.75, 3.05) is 13.2 Å². The molecule has 0 spiro atoms. The number of carbonyl (C=O) groups is 3. The Balaban J connectivity index is 1.55. The van der Waals surface area contributed by atoms with Crippen LogP contribution in [-0.4, -0.2) is 51.5 Å². The molecule has 2 aromatic carbocycles. The minimum absolute atomic E-state index is 0.0756. The number of hydrogen-bond acceptors (Lipinski definition) is 7. The lowest BCUT2D eigenvalue weighted by Gasteiger charge is -2.37. The van der Waals surface area contributed by atoms with Crippen molar-refractivity contribution in [1.82, 2.24) is 0 Å². The van der Waals surface area contributed by atoms with Crippen LogP contribution in [0.1, 0.15) is 99.7 Å². The van der Waals surface area contributed by atoms with Gasteiger partial charge in [-0.05, 0) is 6.42 Å². The normalized spacial score (nSPS) is 20.6. The van der Waals surface area contributed by atoms with Gasteiger partial charge in [-0.1, -0.05) is 79.2 Å². The molecule has 192 valence electrons. The molecule has 8 heteroatoms. The molecule has 7 nitrogen and oxygen atoms in total. The second-order valence-electron chi connectivity index (χ2n) is 9.67. The number of phenolic OH excluding ortho intramolecular Hbond substituents is 2. The largest absolute Gasteiger partial charge is 0.507 e. The van der Waals surface area contributed by atoms with E-state index in [0.717, 1.165) is 19.3 Å². The monoisotopic (exact) mass is 558 g/mol. The highest BCUT2D eigenvalue weighted by molar-refractivity contribution is 9.09. The predicted octanol–water partition coefficient (Wildman–Crippen LogP) is 4.93. The summed E-state index contributed by atoms with van der Waals surface area (Å²) in [7, 11) is 0. The maximum absolute atomic E-state index is 13.2. The van der Waals surface area contributed by atoms with Gasteiger partial charge in [0, 0.05) is 46.5 Å². The first-order valence-corrected chi connectivity index (χ1v) is 13.4. The lowest BCUT2D eigenvalue weighted by Crippen LogP contribution is -2.46. The molecular weight excluding hydrogens is 528 g/mol. The number of carbonyl (C=O) groups excluding carboxylic acids is 3. The highest BCUT2D eigenvalue weighted by Crippen LogP contribution is 2.52. The van der Waals surface area contributed by atoms with Crippen molar-refractivity contribution in [3.63, 3.8) is 0 Å². The van der Waals surface area contributed by atoms with E-state index in [1.807, 2.05) is 0 Å². The van der Waals surface area contributed by atoms with Gasteiger partial charge in [-0.3, -0.25) is 14.4 Å². The standard InChI is InChI=1S/C28H31BrO7/c1-2-3-4-5-6-9-12-36-15-20(30)28(35)13-18-21(19(29)14-28)27(34)23-22(26(18)33)24(31)16-10-7-8-11-17(16)25(23)32/h7-8,10-11,19,33-35H,2-6,9,12-15H2,1H3. The molecule has 2 unspecified atom stereocenters. The molecule has 0 fully saturated rings. The first-order chi connectivity index (χ1) is 17.2. The van der Waals surface area contributed by atoms with Gasteiger partial charge in [-0.2, -0.15) is 0 Å². The summed E-state index contributed by atoms with van der Waals surface area (Å²) in [5, 5.41) is 33.4. The van der Waals surface area contributed by atoms with Crippen LogP contribution in [0.15, 0.2) is 24.3 Å². The zero-order valence-electron chi connectivity index (χ0n) is 20.3. The van der Waals surface area contributed by atoms with Crippen LogP contribution in [0.4, 0.5) is 0 Å². The number of ether oxygens (including phenoxy) is 1. The number of unbranched alkanes of at least 4 members (excludes halogenated alkanes) is 5. The highest BCUT2D eigenvalue weighted by Gasteiger charge is 2.47. The second kappa shape index (κ2) is 10.8. The fourth-order valence-electron chi connectivity index (χ4n) is 5.16. The quantitative estimate of drug-likeness (QED) is 0.183. The van der Waals surface area contributed by atoms with Gasteiger partial charge in [0.05, 0.1) is 11.1 Å². The van der Waals surface area contributed by atoms with E-state index in [0.29, 0.717) is 6.61 Å². The van der Waals surface area contributed by atoms with E-state index in [4.69, 9.17) is 4.74 Å². The molecule has 0 aliphatic heterocycles. The van der Waals surface area contributed by atoms with Crippen LogP contribution < -0.4 is 0 Å². The van der Waals surface area contributed by atoms with Crippen molar-refractivity contribution < 1.29 is 34.4 Å². The summed E-state index contributed by atoms with van der Waals surface area (Å²) >= 11 is 3.41. The Kier molecular flexibility index (Phi) is 7.97. The number of halogens is 1. The van der Waals surface area contributed by atoms with Gasteiger partial charge in [0.25, 0.3) is 0 Å². The summed E-state index contributed by atoms with van der Waals surface area (Å²) in [5.74, 6) is -2.59. The molecule has 0 saturated carbocycles. The Hall–Kier alpha value is -2.55. The number of hydrogen-bond donors (Lipinski definition) is 3. The Bertz CT molecular complexity index is 1200. The van der Waals surface area contributed by atoms with Crippen LogP contribution in [0.25, 0.3) is 0 Å². The minimum atomic E-state index is -1.86.